The van der Waals surface area contributed by atoms with Crippen LogP contribution in [0.5, 0.6) is 0 Å². The third-order valence-corrected chi connectivity index (χ3v) is 5.45. The number of nitrogens with one attached hydrogen (secondary N) is 1. The van der Waals surface area contributed by atoms with Crippen molar-refractivity contribution in [3.63, 3.8) is 0 Å². The minimum absolute atomic E-state index is 0.0894. The quantitative estimate of drug-likeness (QED) is 0.481. The number of para-hydroxylation sites is 1. The Morgan fingerprint density at radius 2 is 1.93 bits per heavy atom. The number of carbonyl (C=O) groups excluding carboxylic acids is 1. The number of benzene rings is 2. The maximum atomic E-state index is 12.9. The zero-order valence-corrected chi connectivity index (χ0v) is 16.1. The fourth-order valence-electron chi connectivity index (χ4n) is 3.02. The van der Waals surface area contributed by atoms with Gasteiger partial charge in [-0.3, -0.25) is 4.79 Å². The molecule has 134 valence electrons. The first-order chi connectivity index (χ1) is 13.2. The molecule has 0 aliphatic carbocycles. The van der Waals surface area contributed by atoms with Gasteiger partial charge in [-0.1, -0.05) is 48.0 Å². The Labute approximate surface area is 166 Å². The Bertz CT molecular complexity index is 1090. The van der Waals surface area contributed by atoms with Crippen LogP contribution in [0.25, 0.3) is 21.5 Å². The number of halogens is 1. The molecule has 0 radical (unpaired) electrons. The fraction of sp³-hybridized carbons (Fsp3) is 0.0909. The van der Waals surface area contributed by atoms with Crippen LogP contribution in [0, 0.1) is 0 Å². The fourth-order valence-corrected chi connectivity index (χ4v) is 3.92. The van der Waals surface area contributed by atoms with Gasteiger partial charge in [0.1, 0.15) is 0 Å². The summed E-state index contributed by atoms with van der Waals surface area (Å²) >= 11 is 7.64. The minimum Gasteiger partial charge on any atom is -0.352 e. The molecule has 2 aromatic carbocycles. The number of rotatable bonds is 5. The van der Waals surface area contributed by atoms with E-state index >= 15 is 0 Å². The second-order valence-electron chi connectivity index (χ2n) is 6.19. The third-order valence-electron chi connectivity index (χ3n) is 4.32. The summed E-state index contributed by atoms with van der Waals surface area (Å²) in [6.45, 7) is 0.546. The largest absolute Gasteiger partial charge is 0.352 e. The molecular formula is C22H17ClN2OS. The predicted molar refractivity (Wildman–Crippen MR) is 113 cm³/mol. The van der Waals surface area contributed by atoms with E-state index < -0.39 is 0 Å². The van der Waals surface area contributed by atoms with Crippen molar-refractivity contribution in [1.29, 1.82) is 0 Å². The number of aromatic nitrogens is 1. The number of pyridine rings is 1. The molecule has 27 heavy (non-hydrogen) atoms. The Balaban J connectivity index is 1.59. The molecule has 0 saturated carbocycles. The van der Waals surface area contributed by atoms with Gasteiger partial charge in [0.15, 0.2) is 0 Å². The molecule has 0 aliphatic heterocycles. The van der Waals surface area contributed by atoms with E-state index in [-0.39, 0.29) is 5.91 Å². The first-order valence-corrected chi connectivity index (χ1v) is 9.93. The summed E-state index contributed by atoms with van der Waals surface area (Å²) in [6.07, 6.45) is 0.729. The van der Waals surface area contributed by atoms with E-state index in [9.17, 15) is 4.79 Å². The highest BCUT2D eigenvalue weighted by Gasteiger charge is 2.14. The van der Waals surface area contributed by atoms with E-state index in [1.54, 1.807) is 11.3 Å². The van der Waals surface area contributed by atoms with E-state index in [2.05, 4.69) is 5.32 Å². The van der Waals surface area contributed by atoms with Gasteiger partial charge in [-0.05, 0) is 47.7 Å². The van der Waals surface area contributed by atoms with Crippen molar-refractivity contribution >= 4 is 39.7 Å². The zero-order chi connectivity index (χ0) is 18.6. The van der Waals surface area contributed by atoms with Crippen molar-refractivity contribution in [1.82, 2.24) is 10.3 Å². The van der Waals surface area contributed by atoms with Crippen LogP contribution in [0.1, 0.15) is 15.9 Å². The maximum absolute atomic E-state index is 12.9. The molecule has 0 spiro atoms. The van der Waals surface area contributed by atoms with Crippen LogP contribution in [-0.2, 0) is 6.42 Å². The molecule has 0 saturated heterocycles. The van der Waals surface area contributed by atoms with Gasteiger partial charge in [0.2, 0.25) is 0 Å². The molecule has 2 aromatic heterocycles. The summed E-state index contributed by atoms with van der Waals surface area (Å²) in [5.41, 5.74) is 3.39. The molecular weight excluding hydrogens is 376 g/mol. The Hall–Kier alpha value is -2.69. The summed E-state index contributed by atoms with van der Waals surface area (Å²) in [4.78, 5) is 18.6. The number of fused-ring (bicyclic) bond motifs is 1. The second kappa shape index (κ2) is 7.91. The van der Waals surface area contributed by atoms with Gasteiger partial charge in [0.05, 0.1) is 21.7 Å². The highest BCUT2D eigenvalue weighted by molar-refractivity contribution is 7.13. The van der Waals surface area contributed by atoms with Gasteiger partial charge in [0.25, 0.3) is 5.91 Å². The van der Waals surface area contributed by atoms with E-state index in [1.807, 2.05) is 72.1 Å². The molecule has 5 heteroatoms. The Morgan fingerprint density at radius 3 is 2.74 bits per heavy atom. The normalized spacial score (nSPS) is 10.9. The lowest BCUT2D eigenvalue weighted by atomic mass is 10.1. The first kappa shape index (κ1) is 17.7. The second-order valence-corrected chi connectivity index (χ2v) is 7.57. The van der Waals surface area contributed by atoms with Crippen LogP contribution >= 0.6 is 22.9 Å². The summed E-state index contributed by atoms with van der Waals surface area (Å²) in [7, 11) is 0. The van der Waals surface area contributed by atoms with Crippen LogP contribution in [0.3, 0.4) is 0 Å². The van der Waals surface area contributed by atoms with Crippen molar-refractivity contribution < 1.29 is 4.79 Å². The maximum Gasteiger partial charge on any atom is 0.252 e. The lowest BCUT2D eigenvalue weighted by Crippen LogP contribution is -2.26. The zero-order valence-electron chi connectivity index (χ0n) is 14.5. The highest BCUT2D eigenvalue weighted by atomic mass is 35.5. The molecule has 0 bridgehead atoms. The third kappa shape index (κ3) is 4.02. The summed E-state index contributed by atoms with van der Waals surface area (Å²) < 4.78 is 0. The molecule has 2 heterocycles. The molecule has 1 amide bonds. The predicted octanol–water partition coefficient (Wildman–Crippen LogP) is 5.59. The van der Waals surface area contributed by atoms with Crippen LogP contribution in [-0.4, -0.2) is 17.4 Å². The van der Waals surface area contributed by atoms with Gasteiger partial charge in [-0.25, -0.2) is 4.98 Å². The highest BCUT2D eigenvalue weighted by Crippen LogP contribution is 2.27. The number of thiophene rings is 1. The van der Waals surface area contributed by atoms with E-state index in [1.165, 1.54) is 0 Å². The average molecular weight is 393 g/mol. The number of amides is 1. The number of nitrogens with zero attached hydrogens (tertiary/aromatic N) is 1. The number of hydrogen-bond donors (Lipinski definition) is 1. The van der Waals surface area contributed by atoms with Gasteiger partial charge in [-0.2, -0.15) is 0 Å². The molecule has 0 unspecified atom stereocenters. The molecule has 1 N–H and O–H groups in total. The van der Waals surface area contributed by atoms with Gasteiger partial charge in [0, 0.05) is 17.0 Å². The van der Waals surface area contributed by atoms with E-state index in [0.29, 0.717) is 17.1 Å². The van der Waals surface area contributed by atoms with Crippen molar-refractivity contribution in [3.05, 3.63) is 88.3 Å². The lowest BCUT2D eigenvalue weighted by molar-refractivity contribution is 0.0956. The van der Waals surface area contributed by atoms with Gasteiger partial charge in [-0.15, -0.1) is 11.3 Å². The van der Waals surface area contributed by atoms with Crippen LogP contribution in [0.2, 0.25) is 5.02 Å². The molecule has 4 aromatic rings. The van der Waals surface area contributed by atoms with Crippen molar-refractivity contribution in [2.75, 3.05) is 6.54 Å². The standard InChI is InChI=1S/C22H17ClN2OS/c23-16-6-3-5-15(13-16)10-11-24-22(26)18-14-20(21-9-4-12-27-21)25-19-8-2-1-7-17(18)19/h1-9,12-14H,10-11H2,(H,24,26). The Kier molecular flexibility index (Phi) is 5.19. The van der Waals surface area contributed by atoms with Crippen molar-refractivity contribution in [2.24, 2.45) is 0 Å². The molecule has 0 fully saturated rings. The molecule has 0 aliphatic rings. The summed E-state index contributed by atoms with van der Waals surface area (Å²) in [6, 6.07) is 21.3. The van der Waals surface area contributed by atoms with E-state index in [4.69, 9.17) is 16.6 Å². The number of hydrogen-bond acceptors (Lipinski definition) is 3. The smallest absolute Gasteiger partial charge is 0.252 e. The van der Waals surface area contributed by atoms with Gasteiger partial charge >= 0.3 is 0 Å². The minimum atomic E-state index is -0.0894. The first-order valence-electron chi connectivity index (χ1n) is 8.67. The Morgan fingerprint density at radius 1 is 1.04 bits per heavy atom. The summed E-state index contributed by atoms with van der Waals surface area (Å²) in [5, 5.41) is 6.60. The topological polar surface area (TPSA) is 42.0 Å². The van der Waals surface area contributed by atoms with Crippen molar-refractivity contribution in [3.8, 4) is 10.6 Å². The lowest BCUT2D eigenvalue weighted by Gasteiger charge is -2.10. The van der Waals surface area contributed by atoms with Crippen molar-refractivity contribution in [2.45, 2.75) is 6.42 Å². The molecule has 4 rings (SSSR count). The average Bonchev–Trinajstić information content (AvgIpc) is 3.22. The molecule has 3 nitrogen and oxygen atoms in total. The molecule has 0 atom stereocenters. The van der Waals surface area contributed by atoms with Crippen LogP contribution in [0.15, 0.2) is 72.1 Å². The van der Waals surface area contributed by atoms with E-state index in [0.717, 1.165) is 33.5 Å². The SMILES string of the molecule is O=C(NCCc1cccc(Cl)c1)c1cc(-c2cccs2)nc2ccccc12. The van der Waals surface area contributed by atoms with Crippen LogP contribution < -0.4 is 5.32 Å². The van der Waals surface area contributed by atoms with Crippen LogP contribution in [0.4, 0.5) is 0 Å². The monoisotopic (exact) mass is 392 g/mol. The number of carbonyl (C=O) groups is 1. The summed E-state index contributed by atoms with van der Waals surface area (Å²) in [5.74, 6) is -0.0894. The van der Waals surface area contributed by atoms with Gasteiger partial charge < -0.3 is 5.32 Å².